The topological polar surface area (TPSA) is 92.5 Å². The molecule has 1 aliphatic rings. The molecule has 0 spiro atoms. The number of carbonyl (C=O) groups is 1. The number of aromatic nitrogens is 3. The molecule has 8 nitrogen and oxygen atoms in total. The normalized spacial score (nSPS) is 15.8. The van der Waals surface area contributed by atoms with E-state index in [-0.39, 0.29) is 13.2 Å². The number of aliphatic hydroxyl groups is 1. The third-order valence-corrected chi connectivity index (χ3v) is 5.40. The number of hydrogen-bond acceptors (Lipinski definition) is 6. The van der Waals surface area contributed by atoms with Crippen LogP contribution in [0.2, 0.25) is 0 Å². The van der Waals surface area contributed by atoms with Crippen LogP contribution in [0.4, 0.5) is 4.79 Å². The summed E-state index contributed by atoms with van der Waals surface area (Å²) in [5.74, 6) is 0.783. The van der Waals surface area contributed by atoms with Gasteiger partial charge in [-0.1, -0.05) is 54.8 Å². The molecule has 2 N–H and O–H groups in total. The molecule has 1 aromatic carbocycles. The van der Waals surface area contributed by atoms with E-state index in [0.717, 1.165) is 30.3 Å². The molecular weight excluding hydrogens is 382 g/mol. The first-order valence-electron chi connectivity index (χ1n) is 10.8. The van der Waals surface area contributed by atoms with E-state index in [1.165, 1.54) is 32.1 Å². The SMILES string of the molecule is CN(Cc1cn(CC(O)COC(=O)NCc2ccccc2)nn1)CC1CCCCC1. The van der Waals surface area contributed by atoms with Crippen LogP contribution in [0.5, 0.6) is 0 Å². The van der Waals surface area contributed by atoms with Gasteiger partial charge in [0.1, 0.15) is 12.7 Å². The monoisotopic (exact) mass is 415 g/mol. The van der Waals surface area contributed by atoms with Crippen LogP contribution >= 0.6 is 0 Å². The van der Waals surface area contributed by atoms with Crippen molar-refractivity contribution >= 4 is 6.09 Å². The fourth-order valence-electron chi connectivity index (χ4n) is 3.91. The van der Waals surface area contributed by atoms with Crippen molar-refractivity contribution in [3.05, 3.63) is 47.8 Å². The highest BCUT2D eigenvalue weighted by molar-refractivity contribution is 5.67. The molecule has 8 heteroatoms. The van der Waals surface area contributed by atoms with Gasteiger partial charge in [-0.2, -0.15) is 0 Å². The summed E-state index contributed by atoms with van der Waals surface area (Å²) < 4.78 is 6.68. The fraction of sp³-hybridized carbons (Fsp3) is 0.591. The zero-order valence-electron chi connectivity index (χ0n) is 17.7. The Morgan fingerprint density at radius 3 is 2.83 bits per heavy atom. The predicted molar refractivity (Wildman–Crippen MR) is 114 cm³/mol. The molecule has 0 bridgehead atoms. The standard InChI is InChI=1S/C22H33N5O3/c1-26(13-19-10-6-3-7-11-19)14-20-15-27(25-24-20)16-21(28)17-30-22(29)23-12-18-8-4-2-5-9-18/h2,4-5,8-9,15,19,21,28H,3,6-7,10-14,16-17H2,1H3,(H,23,29). The van der Waals surface area contributed by atoms with Crippen LogP contribution in [-0.4, -0.2) is 57.4 Å². The van der Waals surface area contributed by atoms with Crippen molar-refractivity contribution in [1.29, 1.82) is 0 Å². The number of nitrogens with one attached hydrogen (secondary N) is 1. The maximum atomic E-state index is 11.8. The maximum absolute atomic E-state index is 11.8. The molecule has 1 amide bonds. The van der Waals surface area contributed by atoms with E-state index in [1.54, 1.807) is 4.68 Å². The average molecular weight is 416 g/mol. The second-order valence-corrected chi connectivity index (χ2v) is 8.22. The second-order valence-electron chi connectivity index (χ2n) is 8.22. The Morgan fingerprint density at radius 1 is 1.30 bits per heavy atom. The van der Waals surface area contributed by atoms with Crippen LogP contribution in [0.3, 0.4) is 0 Å². The Bertz CT molecular complexity index is 761. The average Bonchev–Trinajstić information content (AvgIpc) is 3.18. The van der Waals surface area contributed by atoms with Gasteiger partial charge in [0.2, 0.25) is 0 Å². The van der Waals surface area contributed by atoms with Gasteiger partial charge in [0.25, 0.3) is 0 Å². The van der Waals surface area contributed by atoms with Crippen LogP contribution < -0.4 is 5.32 Å². The van der Waals surface area contributed by atoms with Crippen molar-refractivity contribution in [1.82, 2.24) is 25.2 Å². The molecular formula is C22H33N5O3. The van der Waals surface area contributed by atoms with Crippen LogP contribution in [0, 0.1) is 5.92 Å². The minimum Gasteiger partial charge on any atom is -0.447 e. The molecule has 3 rings (SSSR count). The van der Waals surface area contributed by atoms with E-state index in [1.807, 2.05) is 36.5 Å². The molecule has 1 aliphatic carbocycles. The molecule has 1 unspecified atom stereocenters. The van der Waals surface area contributed by atoms with Crippen molar-refractivity contribution in [2.24, 2.45) is 5.92 Å². The van der Waals surface area contributed by atoms with Gasteiger partial charge in [-0.3, -0.25) is 0 Å². The number of hydrogen-bond donors (Lipinski definition) is 2. The quantitative estimate of drug-likeness (QED) is 0.620. The number of aliphatic hydroxyl groups excluding tert-OH is 1. The highest BCUT2D eigenvalue weighted by atomic mass is 16.6. The number of alkyl carbamates (subject to hydrolysis) is 1. The van der Waals surface area contributed by atoms with Gasteiger partial charge in [0.15, 0.2) is 0 Å². The number of carbonyl (C=O) groups excluding carboxylic acids is 1. The highest BCUT2D eigenvalue weighted by Gasteiger charge is 2.16. The Hall–Kier alpha value is -2.45. The molecule has 0 aliphatic heterocycles. The minimum atomic E-state index is -0.845. The summed E-state index contributed by atoms with van der Waals surface area (Å²) in [6.07, 6.45) is 7.15. The van der Waals surface area contributed by atoms with Gasteiger partial charge in [-0.25, -0.2) is 9.48 Å². The van der Waals surface area contributed by atoms with Crippen molar-refractivity contribution in [2.75, 3.05) is 20.2 Å². The number of benzene rings is 1. The summed E-state index contributed by atoms with van der Waals surface area (Å²) in [6.45, 7) is 2.34. The summed E-state index contributed by atoms with van der Waals surface area (Å²) in [4.78, 5) is 14.1. The molecule has 2 aromatic rings. The third kappa shape index (κ3) is 7.76. The molecule has 1 aromatic heterocycles. The van der Waals surface area contributed by atoms with Crippen molar-refractivity contribution in [3.8, 4) is 0 Å². The predicted octanol–water partition coefficient (Wildman–Crippen LogP) is 2.58. The van der Waals surface area contributed by atoms with Crippen LogP contribution in [0.1, 0.15) is 43.4 Å². The van der Waals surface area contributed by atoms with Gasteiger partial charge < -0.3 is 20.1 Å². The smallest absolute Gasteiger partial charge is 0.407 e. The third-order valence-electron chi connectivity index (χ3n) is 5.40. The van der Waals surface area contributed by atoms with E-state index in [9.17, 15) is 9.90 Å². The molecule has 0 saturated heterocycles. The van der Waals surface area contributed by atoms with Gasteiger partial charge in [-0.05, 0) is 31.4 Å². The Morgan fingerprint density at radius 2 is 2.07 bits per heavy atom. The summed E-state index contributed by atoms with van der Waals surface area (Å²) in [5.41, 5.74) is 1.86. The number of amides is 1. The fourth-order valence-corrected chi connectivity index (χ4v) is 3.91. The van der Waals surface area contributed by atoms with Crippen LogP contribution in [0.15, 0.2) is 36.5 Å². The molecule has 30 heavy (non-hydrogen) atoms. The van der Waals surface area contributed by atoms with Gasteiger partial charge in [-0.15, -0.1) is 5.10 Å². The molecule has 1 atom stereocenters. The van der Waals surface area contributed by atoms with Crippen molar-refractivity contribution < 1.29 is 14.6 Å². The van der Waals surface area contributed by atoms with Crippen molar-refractivity contribution in [3.63, 3.8) is 0 Å². The van der Waals surface area contributed by atoms with E-state index in [0.29, 0.717) is 6.54 Å². The highest BCUT2D eigenvalue weighted by Crippen LogP contribution is 2.24. The van der Waals surface area contributed by atoms with Crippen LogP contribution in [-0.2, 0) is 24.4 Å². The lowest BCUT2D eigenvalue weighted by atomic mass is 9.89. The largest absolute Gasteiger partial charge is 0.447 e. The lowest BCUT2D eigenvalue weighted by Crippen LogP contribution is -2.29. The Labute approximate surface area is 178 Å². The Kier molecular flexibility index (Phi) is 8.65. The number of ether oxygens (including phenoxy) is 1. The summed E-state index contributed by atoms with van der Waals surface area (Å²) in [6, 6.07) is 9.58. The first-order chi connectivity index (χ1) is 14.6. The minimum absolute atomic E-state index is 0.0998. The van der Waals surface area contributed by atoms with Gasteiger partial charge >= 0.3 is 6.09 Å². The molecule has 1 fully saturated rings. The molecule has 1 saturated carbocycles. The first kappa shape index (κ1) is 22.2. The lowest BCUT2D eigenvalue weighted by molar-refractivity contribution is 0.0561. The first-order valence-corrected chi connectivity index (χ1v) is 10.8. The summed E-state index contributed by atoms with van der Waals surface area (Å²) >= 11 is 0. The zero-order valence-corrected chi connectivity index (χ0v) is 17.7. The zero-order chi connectivity index (χ0) is 21.2. The maximum Gasteiger partial charge on any atom is 0.407 e. The molecule has 1 heterocycles. The van der Waals surface area contributed by atoms with E-state index < -0.39 is 12.2 Å². The summed E-state index contributed by atoms with van der Waals surface area (Å²) in [7, 11) is 2.12. The Balaban J connectivity index is 1.33. The van der Waals surface area contributed by atoms with Gasteiger partial charge in [0.05, 0.1) is 12.2 Å². The molecule has 164 valence electrons. The number of rotatable bonds is 10. The number of nitrogens with zero attached hydrogens (tertiary/aromatic N) is 4. The van der Waals surface area contributed by atoms with E-state index in [4.69, 9.17) is 4.74 Å². The van der Waals surface area contributed by atoms with Crippen molar-refractivity contribution in [2.45, 2.75) is 57.8 Å². The van der Waals surface area contributed by atoms with E-state index in [2.05, 4.69) is 27.6 Å². The van der Waals surface area contributed by atoms with Crippen LogP contribution in [0.25, 0.3) is 0 Å². The summed E-state index contributed by atoms with van der Waals surface area (Å²) in [5, 5.41) is 21.1. The lowest BCUT2D eigenvalue weighted by Gasteiger charge is -2.26. The second kappa shape index (κ2) is 11.7. The molecule has 0 radical (unpaired) electrons. The van der Waals surface area contributed by atoms with Gasteiger partial charge in [0, 0.05) is 25.8 Å². The van der Waals surface area contributed by atoms with E-state index >= 15 is 0 Å².